The Morgan fingerprint density at radius 2 is 1.79 bits per heavy atom. The number of benzene rings is 1. The summed E-state index contributed by atoms with van der Waals surface area (Å²) in [6.07, 6.45) is 6.51. The van der Waals surface area contributed by atoms with Gasteiger partial charge in [-0.3, -0.25) is 4.90 Å². The standard InChI is InChI=1S/C22H29N5O/c1-2-5-18-13-20(12-17(18)4-1)27-7-3-6-19(15-27)25-21-14-22(24-16-23-21)26-8-10-28-11-9-26/h1-2,4-5,14,16,19-20H,3,6-13,15H2,(H,23,24,25)/t19-/m1/s1. The quantitative estimate of drug-likeness (QED) is 0.880. The van der Waals surface area contributed by atoms with Crippen molar-refractivity contribution in [3.63, 3.8) is 0 Å². The van der Waals surface area contributed by atoms with Crippen LogP contribution in [0.5, 0.6) is 0 Å². The molecule has 0 radical (unpaired) electrons. The fourth-order valence-corrected chi connectivity index (χ4v) is 4.85. The Morgan fingerprint density at radius 1 is 1.00 bits per heavy atom. The Bertz CT molecular complexity index is 782. The number of morpholine rings is 1. The summed E-state index contributed by atoms with van der Waals surface area (Å²) in [5.41, 5.74) is 3.07. The highest BCUT2D eigenvalue weighted by molar-refractivity contribution is 5.49. The maximum Gasteiger partial charge on any atom is 0.134 e. The van der Waals surface area contributed by atoms with Crippen molar-refractivity contribution in [2.75, 3.05) is 49.6 Å². The molecular weight excluding hydrogens is 350 g/mol. The van der Waals surface area contributed by atoms with Crippen LogP contribution in [0, 0.1) is 0 Å². The van der Waals surface area contributed by atoms with Crippen molar-refractivity contribution in [1.29, 1.82) is 0 Å². The summed E-state index contributed by atoms with van der Waals surface area (Å²) in [5, 5.41) is 3.68. The number of hydrogen-bond acceptors (Lipinski definition) is 6. The number of nitrogens with zero attached hydrogens (tertiary/aromatic N) is 4. The van der Waals surface area contributed by atoms with Gasteiger partial charge in [-0.25, -0.2) is 9.97 Å². The Kier molecular flexibility index (Phi) is 5.14. The maximum absolute atomic E-state index is 5.45. The van der Waals surface area contributed by atoms with Gasteiger partial charge in [0.2, 0.25) is 0 Å². The summed E-state index contributed by atoms with van der Waals surface area (Å²) < 4.78 is 5.45. The molecule has 2 saturated heterocycles. The first kappa shape index (κ1) is 17.9. The molecule has 2 fully saturated rings. The van der Waals surface area contributed by atoms with Gasteiger partial charge in [-0.1, -0.05) is 24.3 Å². The van der Waals surface area contributed by atoms with E-state index >= 15 is 0 Å². The molecule has 2 aromatic rings. The third-order valence-corrected chi connectivity index (χ3v) is 6.34. The fraction of sp³-hybridized carbons (Fsp3) is 0.545. The maximum atomic E-state index is 5.45. The summed E-state index contributed by atoms with van der Waals surface area (Å²) in [6, 6.07) is 12.1. The average molecular weight is 380 g/mol. The van der Waals surface area contributed by atoms with Crippen LogP contribution in [0.4, 0.5) is 11.6 Å². The van der Waals surface area contributed by atoms with E-state index in [2.05, 4.69) is 55.4 Å². The van der Waals surface area contributed by atoms with Gasteiger partial charge in [0.1, 0.15) is 18.0 Å². The van der Waals surface area contributed by atoms with Crippen molar-refractivity contribution in [1.82, 2.24) is 14.9 Å². The Morgan fingerprint density at radius 3 is 2.57 bits per heavy atom. The second kappa shape index (κ2) is 8.05. The van der Waals surface area contributed by atoms with E-state index in [-0.39, 0.29) is 0 Å². The van der Waals surface area contributed by atoms with Crippen molar-refractivity contribution in [3.05, 3.63) is 47.8 Å². The molecule has 6 nitrogen and oxygen atoms in total. The van der Waals surface area contributed by atoms with Crippen LogP contribution in [0.25, 0.3) is 0 Å². The molecule has 6 heteroatoms. The smallest absolute Gasteiger partial charge is 0.134 e. The van der Waals surface area contributed by atoms with Crippen LogP contribution in [0.15, 0.2) is 36.7 Å². The predicted octanol–water partition coefficient (Wildman–Crippen LogP) is 2.36. The molecule has 28 heavy (non-hydrogen) atoms. The van der Waals surface area contributed by atoms with E-state index in [1.807, 2.05) is 0 Å². The van der Waals surface area contributed by atoms with Crippen molar-refractivity contribution in [3.8, 4) is 0 Å². The molecule has 3 aliphatic rings. The lowest BCUT2D eigenvalue weighted by molar-refractivity contribution is 0.122. The van der Waals surface area contributed by atoms with Gasteiger partial charge in [0.15, 0.2) is 0 Å². The minimum Gasteiger partial charge on any atom is -0.378 e. The van der Waals surface area contributed by atoms with Crippen LogP contribution >= 0.6 is 0 Å². The SMILES string of the molecule is c1ccc2c(c1)CC(N1CCC[C@@H](Nc3cc(N4CCOCC4)ncn3)C1)C2. The van der Waals surface area contributed by atoms with E-state index in [1.165, 1.54) is 43.4 Å². The van der Waals surface area contributed by atoms with Crippen LogP contribution in [-0.4, -0.2) is 66.3 Å². The molecule has 0 saturated carbocycles. The van der Waals surface area contributed by atoms with Crippen LogP contribution in [-0.2, 0) is 17.6 Å². The molecule has 0 bridgehead atoms. The molecule has 148 valence electrons. The molecule has 3 heterocycles. The number of nitrogens with one attached hydrogen (secondary N) is 1. The van der Waals surface area contributed by atoms with Gasteiger partial charge < -0.3 is 15.0 Å². The number of rotatable bonds is 4. The van der Waals surface area contributed by atoms with E-state index in [4.69, 9.17) is 4.74 Å². The summed E-state index contributed by atoms with van der Waals surface area (Å²) in [7, 11) is 0. The van der Waals surface area contributed by atoms with Gasteiger partial charge in [0.25, 0.3) is 0 Å². The first-order chi connectivity index (χ1) is 13.8. The van der Waals surface area contributed by atoms with Crippen molar-refractivity contribution in [2.45, 2.75) is 37.8 Å². The predicted molar refractivity (Wildman–Crippen MR) is 111 cm³/mol. The lowest BCUT2D eigenvalue weighted by Gasteiger charge is -2.37. The topological polar surface area (TPSA) is 53.5 Å². The van der Waals surface area contributed by atoms with Crippen molar-refractivity contribution >= 4 is 11.6 Å². The Balaban J connectivity index is 1.22. The van der Waals surface area contributed by atoms with Gasteiger partial charge in [-0.2, -0.15) is 0 Å². The number of fused-ring (bicyclic) bond motifs is 1. The van der Waals surface area contributed by atoms with Gasteiger partial charge >= 0.3 is 0 Å². The molecule has 0 spiro atoms. The monoisotopic (exact) mass is 379 g/mol. The van der Waals surface area contributed by atoms with Gasteiger partial charge in [0, 0.05) is 37.8 Å². The van der Waals surface area contributed by atoms with Gasteiger partial charge in [-0.05, 0) is 43.4 Å². The molecule has 1 aromatic heterocycles. The highest BCUT2D eigenvalue weighted by atomic mass is 16.5. The lowest BCUT2D eigenvalue weighted by Crippen LogP contribution is -2.47. The van der Waals surface area contributed by atoms with Gasteiger partial charge in [-0.15, -0.1) is 0 Å². The highest BCUT2D eigenvalue weighted by Crippen LogP contribution is 2.28. The Labute approximate surface area is 166 Å². The zero-order valence-electron chi connectivity index (χ0n) is 16.4. The normalized spacial score (nSPS) is 23.6. The fourth-order valence-electron chi connectivity index (χ4n) is 4.85. The largest absolute Gasteiger partial charge is 0.378 e. The first-order valence-corrected chi connectivity index (χ1v) is 10.6. The molecule has 1 N–H and O–H groups in total. The van der Waals surface area contributed by atoms with Gasteiger partial charge in [0.05, 0.1) is 13.2 Å². The number of piperidine rings is 1. The summed E-state index contributed by atoms with van der Waals surface area (Å²) >= 11 is 0. The van der Waals surface area contributed by atoms with E-state index < -0.39 is 0 Å². The van der Waals surface area contributed by atoms with Crippen molar-refractivity contribution < 1.29 is 4.74 Å². The second-order valence-corrected chi connectivity index (χ2v) is 8.17. The highest BCUT2D eigenvalue weighted by Gasteiger charge is 2.30. The van der Waals surface area contributed by atoms with E-state index in [1.54, 1.807) is 6.33 Å². The molecule has 5 rings (SSSR count). The summed E-state index contributed by atoms with van der Waals surface area (Å²) in [4.78, 5) is 13.9. The first-order valence-electron chi connectivity index (χ1n) is 10.6. The Hall–Kier alpha value is -2.18. The van der Waals surface area contributed by atoms with Crippen LogP contribution in [0.1, 0.15) is 24.0 Å². The van der Waals surface area contributed by atoms with E-state index in [9.17, 15) is 0 Å². The van der Waals surface area contributed by atoms with Crippen LogP contribution in [0.2, 0.25) is 0 Å². The average Bonchev–Trinajstić information content (AvgIpc) is 3.19. The molecule has 1 aromatic carbocycles. The molecular formula is C22H29N5O. The number of hydrogen-bond donors (Lipinski definition) is 1. The minimum absolute atomic E-state index is 0.449. The molecule has 0 unspecified atom stereocenters. The van der Waals surface area contributed by atoms with E-state index in [0.29, 0.717) is 12.1 Å². The zero-order valence-corrected chi connectivity index (χ0v) is 16.4. The van der Waals surface area contributed by atoms with E-state index in [0.717, 1.165) is 44.5 Å². The number of anilines is 2. The molecule has 1 atom stereocenters. The molecule has 2 aliphatic heterocycles. The van der Waals surface area contributed by atoms with Crippen LogP contribution < -0.4 is 10.2 Å². The lowest BCUT2D eigenvalue weighted by atomic mass is 10.0. The number of aromatic nitrogens is 2. The minimum atomic E-state index is 0.449. The molecule has 1 aliphatic carbocycles. The summed E-state index contributed by atoms with van der Waals surface area (Å²) in [5.74, 6) is 1.94. The zero-order chi connectivity index (χ0) is 18.8. The number of likely N-dealkylation sites (tertiary alicyclic amines) is 1. The third-order valence-electron chi connectivity index (χ3n) is 6.34. The molecule has 0 amide bonds. The second-order valence-electron chi connectivity index (χ2n) is 8.17. The van der Waals surface area contributed by atoms with Crippen LogP contribution in [0.3, 0.4) is 0 Å². The summed E-state index contributed by atoms with van der Waals surface area (Å²) in [6.45, 7) is 5.64. The van der Waals surface area contributed by atoms with Crippen molar-refractivity contribution in [2.24, 2.45) is 0 Å². The third kappa shape index (κ3) is 3.84. The number of ether oxygens (including phenoxy) is 1.